The Labute approximate surface area is 234 Å². The first-order valence-electron chi connectivity index (χ1n) is 13.2. The molecule has 1 fully saturated rings. The van der Waals surface area contributed by atoms with Crippen LogP contribution in [0.3, 0.4) is 0 Å². The minimum atomic E-state index is -4.61. The SMILES string of the molecule is CN1C(=O)N(c2cccc(C(F)(F)F)c2)C2=C(C(=O)CC2)C1c1ccc(C#N)cc1C(=O)NCCN1CCOCC1. The number of morpholine rings is 1. The maximum atomic E-state index is 13.7. The number of benzene rings is 2. The van der Waals surface area contributed by atoms with Crippen LogP contribution in [-0.4, -0.2) is 74.0 Å². The van der Waals surface area contributed by atoms with Crippen molar-refractivity contribution in [2.24, 2.45) is 0 Å². The predicted octanol–water partition coefficient (Wildman–Crippen LogP) is 3.87. The van der Waals surface area contributed by atoms with Gasteiger partial charge in [0.05, 0.1) is 42.1 Å². The lowest BCUT2D eigenvalue weighted by atomic mass is 9.89. The highest BCUT2D eigenvalue weighted by Gasteiger charge is 2.46. The third-order valence-electron chi connectivity index (χ3n) is 7.59. The molecule has 0 aromatic heterocycles. The molecule has 12 heteroatoms. The lowest BCUT2D eigenvalue weighted by Gasteiger charge is -2.41. The first kappa shape index (κ1) is 28.3. The molecule has 1 atom stereocenters. The average Bonchev–Trinajstić information content (AvgIpc) is 3.34. The number of ketones is 1. The lowest BCUT2D eigenvalue weighted by Crippen LogP contribution is -2.48. The normalized spacial score (nSPS) is 19.8. The summed E-state index contributed by atoms with van der Waals surface area (Å²) >= 11 is 0. The molecule has 1 unspecified atom stereocenters. The quantitative estimate of drug-likeness (QED) is 0.568. The van der Waals surface area contributed by atoms with Crippen molar-refractivity contribution in [3.8, 4) is 6.07 Å². The summed E-state index contributed by atoms with van der Waals surface area (Å²) in [5, 5.41) is 12.4. The number of alkyl halides is 3. The van der Waals surface area contributed by atoms with Gasteiger partial charge >= 0.3 is 12.2 Å². The van der Waals surface area contributed by atoms with Crippen molar-refractivity contribution in [2.45, 2.75) is 25.1 Å². The molecule has 0 saturated carbocycles. The Bertz CT molecular complexity index is 1460. The molecule has 5 rings (SSSR count). The van der Waals surface area contributed by atoms with Crippen molar-refractivity contribution in [1.82, 2.24) is 15.1 Å². The van der Waals surface area contributed by atoms with E-state index in [9.17, 15) is 32.8 Å². The number of carbonyl (C=O) groups excluding carboxylic acids is 3. The Hall–Kier alpha value is -4.21. The highest BCUT2D eigenvalue weighted by Crippen LogP contribution is 2.45. The number of halogens is 3. The summed E-state index contributed by atoms with van der Waals surface area (Å²) in [5.74, 6) is -0.719. The number of nitrogens with one attached hydrogen (secondary N) is 1. The minimum absolute atomic E-state index is 0.00164. The van der Waals surface area contributed by atoms with Gasteiger partial charge in [0.1, 0.15) is 0 Å². The number of hydrogen-bond donors (Lipinski definition) is 1. The number of amides is 3. The molecule has 2 aromatic carbocycles. The molecule has 0 radical (unpaired) electrons. The number of urea groups is 1. The number of hydrogen-bond acceptors (Lipinski definition) is 6. The third kappa shape index (κ3) is 5.55. The van der Waals surface area contributed by atoms with Crippen molar-refractivity contribution in [1.29, 1.82) is 5.26 Å². The number of carbonyl (C=O) groups is 3. The number of rotatable bonds is 6. The second-order valence-electron chi connectivity index (χ2n) is 10.1. The van der Waals surface area contributed by atoms with Crippen LogP contribution in [0.25, 0.3) is 0 Å². The predicted molar refractivity (Wildman–Crippen MR) is 142 cm³/mol. The van der Waals surface area contributed by atoms with Crippen LogP contribution in [0.5, 0.6) is 0 Å². The van der Waals surface area contributed by atoms with E-state index < -0.39 is 29.7 Å². The lowest BCUT2D eigenvalue weighted by molar-refractivity contribution is -0.137. The summed E-state index contributed by atoms with van der Waals surface area (Å²) in [5.41, 5.74) is 0.377. The standard InChI is InChI=1S/C29H28F3N5O4/c1-35-26(21-6-5-18(17-33)15-22(21)27(39)34-9-10-36-11-13-41-14-12-36)25-23(7-8-24(25)38)37(28(35)40)20-4-2-3-19(16-20)29(30,31)32/h2-6,15-16,26H,7-14H2,1H3,(H,34,39). The molecule has 1 N–H and O–H groups in total. The van der Waals surface area contributed by atoms with Crippen LogP contribution in [0.1, 0.15) is 45.9 Å². The molecule has 9 nitrogen and oxygen atoms in total. The molecular formula is C29H28F3N5O4. The summed E-state index contributed by atoms with van der Waals surface area (Å²) in [6.45, 7) is 3.68. The highest BCUT2D eigenvalue weighted by atomic mass is 19.4. The van der Waals surface area contributed by atoms with Gasteiger partial charge in [-0.25, -0.2) is 4.79 Å². The van der Waals surface area contributed by atoms with Crippen molar-refractivity contribution in [3.05, 3.63) is 76.0 Å². The minimum Gasteiger partial charge on any atom is -0.379 e. The van der Waals surface area contributed by atoms with Crippen LogP contribution in [0.15, 0.2) is 53.7 Å². The summed E-state index contributed by atoms with van der Waals surface area (Å²) in [6, 6.07) is 9.33. The fraction of sp³-hybridized carbons (Fsp3) is 0.379. The first-order valence-corrected chi connectivity index (χ1v) is 13.2. The van der Waals surface area contributed by atoms with Gasteiger partial charge in [0.15, 0.2) is 5.78 Å². The van der Waals surface area contributed by atoms with Crippen molar-refractivity contribution in [2.75, 3.05) is 51.3 Å². The second-order valence-corrected chi connectivity index (χ2v) is 10.1. The van der Waals surface area contributed by atoms with Crippen LogP contribution in [0, 0.1) is 11.3 Å². The largest absolute Gasteiger partial charge is 0.416 e. The Kier molecular flexibility index (Phi) is 7.84. The maximum Gasteiger partial charge on any atom is 0.416 e. The van der Waals surface area contributed by atoms with E-state index in [2.05, 4.69) is 10.2 Å². The molecule has 2 heterocycles. The number of nitrogens with zero attached hydrogens (tertiary/aromatic N) is 4. The molecule has 3 amide bonds. The summed E-state index contributed by atoms with van der Waals surface area (Å²) in [7, 11) is 1.45. The molecule has 41 heavy (non-hydrogen) atoms. The number of nitriles is 1. The number of allylic oxidation sites excluding steroid dienone is 1. The van der Waals surface area contributed by atoms with Crippen LogP contribution < -0.4 is 10.2 Å². The van der Waals surface area contributed by atoms with Gasteiger partial charge in [-0.3, -0.25) is 19.4 Å². The van der Waals surface area contributed by atoms with Gasteiger partial charge < -0.3 is 15.0 Å². The van der Waals surface area contributed by atoms with Gasteiger partial charge in [-0.15, -0.1) is 0 Å². The van der Waals surface area contributed by atoms with Crippen molar-refractivity contribution >= 4 is 23.4 Å². The van der Waals surface area contributed by atoms with E-state index >= 15 is 0 Å². The average molecular weight is 568 g/mol. The molecular weight excluding hydrogens is 539 g/mol. The smallest absolute Gasteiger partial charge is 0.379 e. The van der Waals surface area contributed by atoms with Crippen LogP contribution in [0.4, 0.5) is 23.7 Å². The third-order valence-corrected chi connectivity index (χ3v) is 7.59. The van der Waals surface area contributed by atoms with Gasteiger partial charge in [-0.1, -0.05) is 12.1 Å². The van der Waals surface area contributed by atoms with Gasteiger partial charge in [0.2, 0.25) is 0 Å². The molecule has 2 aromatic rings. The van der Waals surface area contributed by atoms with Gasteiger partial charge in [-0.2, -0.15) is 18.4 Å². The first-order chi connectivity index (χ1) is 19.6. The van der Waals surface area contributed by atoms with Crippen LogP contribution in [0.2, 0.25) is 0 Å². The van der Waals surface area contributed by atoms with E-state index in [0.717, 1.165) is 30.1 Å². The molecule has 0 spiro atoms. The molecule has 0 bridgehead atoms. The zero-order chi connectivity index (χ0) is 29.3. The van der Waals surface area contributed by atoms with Gasteiger partial charge in [0.25, 0.3) is 5.91 Å². The Morgan fingerprint density at radius 3 is 2.59 bits per heavy atom. The van der Waals surface area contributed by atoms with Gasteiger partial charge in [-0.05, 0) is 42.3 Å². The van der Waals surface area contributed by atoms with Crippen LogP contribution >= 0.6 is 0 Å². The van der Waals surface area contributed by atoms with E-state index in [0.29, 0.717) is 37.6 Å². The Morgan fingerprint density at radius 2 is 1.88 bits per heavy atom. The number of likely N-dealkylation sites (N-methyl/N-ethyl adjacent to an activating group) is 1. The van der Waals surface area contributed by atoms with E-state index in [1.165, 1.54) is 36.2 Å². The Morgan fingerprint density at radius 1 is 1.12 bits per heavy atom. The molecule has 214 valence electrons. The fourth-order valence-electron chi connectivity index (χ4n) is 5.54. The topological polar surface area (TPSA) is 106 Å². The zero-order valence-corrected chi connectivity index (χ0v) is 22.3. The summed E-state index contributed by atoms with van der Waals surface area (Å²) < 4.78 is 45.7. The molecule has 2 aliphatic heterocycles. The second kappa shape index (κ2) is 11.3. The number of Topliss-reactive ketones (excluding diaryl/α,β-unsaturated/α-hetero) is 1. The molecule has 3 aliphatic rings. The Balaban J connectivity index is 1.52. The van der Waals surface area contributed by atoms with Gasteiger partial charge in [0, 0.05) is 56.5 Å². The fourth-order valence-corrected chi connectivity index (χ4v) is 5.54. The van der Waals surface area contributed by atoms with E-state index in [4.69, 9.17) is 4.74 Å². The molecule has 1 aliphatic carbocycles. The van der Waals surface area contributed by atoms with E-state index in [1.54, 1.807) is 6.07 Å². The van der Waals surface area contributed by atoms with Crippen molar-refractivity contribution in [3.63, 3.8) is 0 Å². The number of ether oxygens (including phenoxy) is 1. The highest BCUT2D eigenvalue weighted by molar-refractivity contribution is 6.09. The molecule has 1 saturated heterocycles. The van der Waals surface area contributed by atoms with Crippen LogP contribution in [-0.2, 0) is 15.7 Å². The summed E-state index contributed by atoms with van der Waals surface area (Å²) in [4.78, 5) is 44.9. The van der Waals surface area contributed by atoms with Crippen molar-refractivity contribution < 1.29 is 32.3 Å². The maximum absolute atomic E-state index is 13.7. The summed E-state index contributed by atoms with van der Waals surface area (Å²) in [6.07, 6.45) is -4.37. The zero-order valence-electron chi connectivity index (χ0n) is 22.3. The monoisotopic (exact) mass is 567 g/mol. The van der Waals surface area contributed by atoms with E-state index in [1.807, 2.05) is 6.07 Å². The number of anilines is 1. The van der Waals surface area contributed by atoms with E-state index in [-0.39, 0.29) is 41.0 Å².